The summed E-state index contributed by atoms with van der Waals surface area (Å²) in [5.41, 5.74) is 0. The van der Waals surface area contributed by atoms with Crippen molar-refractivity contribution in [3.63, 3.8) is 0 Å². The molecule has 1 aromatic rings. The van der Waals surface area contributed by atoms with E-state index < -0.39 is 5.97 Å². The molecule has 0 aliphatic carbocycles. The lowest BCUT2D eigenvalue weighted by Crippen LogP contribution is -2.41. The van der Waals surface area contributed by atoms with Crippen LogP contribution in [0, 0.1) is 11.8 Å². The fourth-order valence-electron chi connectivity index (χ4n) is 2.43. The quantitative estimate of drug-likeness (QED) is 0.931. The molecule has 0 aromatic carbocycles. The Bertz CT molecular complexity index is 407. The van der Waals surface area contributed by atoms with Crippen molar-refractivity contribution in [3.05, 3.63) is 20.8 Å². The maximum absolute atomic E-state index is 11.1. The number of rotatable bonds is 3. The molecule has 5 heteroatoms. The Balaban J connectivity index is 1.98. The number of carboxylic acid groups (broad SMARTS) is 1. The zero-order valence-corrected chi connectivity index (χ0v) is 12.1. The first-order chi connectivity index (χ1) is 8.04. The molecule has 0 radical (unpaired) electrons. The maximum Gasteiger partial charge on any atom is 0.307 e. The average Bonchev–Trinajstić information content (AvgIpc) is 2.63. The van der Waals surface area contributed by atoms with Gasteiger partial charge in [-0.15, -0.1) is 11.3 Å². The van der Waals surface area contributed by atoms with Crippen molar-refractivity contribution in [2.45, 2.75) is 19.9 Å². The van der Waals surface area contributed by atoms with Gasteiger partial charge < -0.3 is 5.11 Å². The Morgan fingerprint density at radius 3 is 2.94 bits per heavy atom. The number of aliphatic carboxylic acids is 1. The fraction of sp³-hybridized carbons (Fsp3) is 0.583. The molecule has 2 rings (SSSR count). The van der Waals surface area contributed by atoms with Crippen molar-refractivity contribution in [1.29, 1.82) is 0 Å². The van der Waals surface area contributed by atoms with Gasteiger partial charge in [-0.25, -0.2) is 0 Å². The average molecular weight is 318 g/mol. The van der Waals surface area contributed by atoms with Gasteiger partial charge in [-0.1, -0.05) is 6.92 Å². The number of nitrogens with zero attached hydrogens (tertiary/aromatic N) is 1. The first-order valence-electron chi connectivity index (χ1n) is 5.74. The van der Waals surface area contributed by atoms with E-state index in [1.807, 2.05) is 6.07 Å². The van der Waals surface area contributed by atoms with Gasteiger partial charge in [0.25, 0.3) is 0 Å². The van der Waals surface area contributed by atoms with Crippen molar-refractivity contribution in [2.24, 2.45) is 11.8 Å². The highest BCUT2D eigenvalue weighted by Crippen LogP contribution is 2.27. The number of likely N-dealkylation sites (tertiary alicyclic amines) is 1. The molecule has 0 spiro atoms. The molecule has 3 nitrogen and oxygen atoms in total. The molecule has 1 aliphatic rings. The van der Waals surface area contributed by atoms with E-state index in [1.54, 1.807) is 11.3 Å². The smallest absolute Gasteiger partial charge is 0.307 e. The van der Waals surface area contributed by atoms with Gasteiger partial charge in [0, 0.05) is 24.5 Å². The van der Waals surface area contributed by atoms with Gasteiger partial charge in [-0.2, -0.15) is 0 Å². The molecule has 0 amide bonds. The minimum Gasteiger partial charge on any atom is -0.481 e. The fourth-order valence-corrected chi connectivity index (χ4v) is 3.95. The lowest BCUT2D eigenvalue weighted by atomic mass is 9.90. The van der Waals surface area contributed by atoms with Gasteiger partial charge in [-0.3, -0.25) is 9.69 Å². The zero-order valence-electron chi connectivity index (χ0n) is 9.73. The van der Waals surface area contributed by atoms with Crippen LogP contribution in [0.15, 0.2) is 15.9 Å². The summed E-state index contributed by atoms with van der Waals surface area (Å²) in [4.78, 5) is 14.6. The van der Waals surface area contributed by atoms with Crippen molar-refractivity contribution in [1.82, 2.24) is 4.90 Å². The van der Waals surface area contributed by atoms with Crippen molar-refractivity contribution in [3.8, 4) is 0 Å². The van der Waals surface area contributed by atoms with Crippen LogP contribution in [0.25, 0.3) is 0 Å². The van der Waals surface area contributed by atoms with E-state index in [1.165, 1.54) is 4.88 Å². The predicted molar refractivity (Wildman–Crippen MR) is 72.2 cm³/mol. The molecule has 0 bridgehead atoms. The molecule has 1 saturated heterocycles. The van der Waals surface area contributed by atoms with Gasteiger partial charge in [0.1, 0.15) is 0 Å². The lowest BCUT2D eigenvalue weighted by Gasteiger charge is -2.34. The van der Waals surface area contributed by atoms with E-state index in [9.17, 15) is 4.79 Å². The number of carboxylic acids is 1. The van der Waals surface area contributed by atoms with Crippen LogP contribution in [0.4, 0.5) is 0 Å². The van der Waals surface area contributed by atoms with Crippen LogP contribution in [-0.2, 0) is 11.3 Å². The summed E-state index contributed by atoms with van der Waals surface area (Å²) in [5.74, 6) is -0.399. The molecule has 94 valence electrons. The highest BCUT2D eigenvalue weighted by Gasteiger charge is 2.29. The first-order valence-corrected chi connectivity index (χ1v) is 7.35. The minimum atomic E-state index is -0.658. The second kappa shape index (κ2) is 5.50. The van der Waals surface area contributed by atoms with Crippen LogP contribution < -0.4 is 0 Å². The SMILES string of the molecule is CC1CC(C(=O)O)CN(Cc2ccc(Br)s2)C1. The molecule has 2 unspecified atom stereocenters. The number of piperidine rings is 1. The van der Waals surface area contributed by atoms with Gasteiger partial charge in [-0.05, 0) is 40.4 Å². The van der Waals surface area contributed by atoms with Crippen LogP contribution in [0.3, 0.4) is 0 Å². The Morgan fingerprint density at radius 2 is 2.35 bits per heavy atom. The topological polar surface area (TPSA) is 40.5 Å². The van der Waals surface area contributed by atoms with Crippen molar-refractivity contribution >= 4 is 33.2 Å². The Hall–Kier alpha value is -0.390. The third kappa shape index (κ3) is 3.53. The molecular weight excluding hydrogens is 302 g/mol. The van der Waals surface area contributed by atoms with E-state index in [-0.39, 0.29) is 5.92 Å². The van der Waals surface area contributed by atoms with E-state index in [2.05, 4.69) is 33.8 Å². The normalized spacial score (nSPS) is 26.0. The molecule has 17 heavy (non-hydrogen) atoms. The highest BCUT2D eigenvalue weighted by atomic mass is 79.9. The number of thiophene rings is 1. The summed E-state index contributed by atoms with van der Waals surface area (Å²) < 4.78 is 1.13. The molecule has 2 heterocycles. The van der Waals surface area contributed by atoms with E-state index >= 15 is 0 Å². The first kappa shape index (κ1) is 13.1. The molecule has 0 saturated carbocycles. The van der Waals surface area contributed by atoms with Crippen LogP contribution in [0.5, 0.6) is 0 Å². The maximum atomic E-state index is 11.1. The predicted octanol–water partition coefficient (Wildman–Crippen LogP) is 3.05. The Morgan fingerprint density at radius 1 is 1.59 bits per heavy atom. The Kier molecular flexibility index (Phi) is 4.22. The van der Waals surface area contributed by atoms with E-state index in [4.69, 9.17) is 5.11 Å². The van der Waals surface area contributed by atoms with E-state index in [0.717, 1.165) is 23.3 Å². The third-order valence-electron chi connectivity index (χ3n) is 3.09. The lowest BCUT2D eigenvalue weighted by molar-refractivity contribution is -0.144. The van der Waals surface area contributed by atoms with Gasteiger partial charge in [0.05, 0.1) is 9.70 Å². The summed E-state index contributed by atoms with van der Waals surface area (Å²) in [6.45, 7) is 4.67. The molecular formula is C12H16BrNO2S. The van der Waals surface area contributed by atoms with E-state index in [0.29, 0.717) is 12.5 Å². The monoisotopic (exact) mass is 317 g/mol. The zero-order chi connectivity index (χ0) is 12.4. The Labute approximate surface area is 114 Å². The van der Waals surface area contributed by atoms with Crippen LogP contribution >= 0.6 is 27.3 Å². The molecule has 1 aromatic heterocycles. The summed E-state index contributed by atoms with van der Waals surface area (Å²) in [6.07, 6.45) is 0.806. The standard InChI is InChI=1S/C12H16BrNO2S/c1-8-4-9(12(15)16)6-14(5-8)7-10-2-3-11(13)17-10/h2-3,8-9H,4-7H2,1H3,(H,15,16). The second-order valence-corrected chi connectivity index (χ2v) is 7.32. The molecule has 1 N–H and O–H groups in total. The molecule has 2 atom stereocenters. The van der Waals surface area contributed by atoms with Gasteiger partial charge >= 0.3 is 5.97 Å². The third-order valence-corrected chi connectivity index (χ3v) is 4.70. The minimum absolute atomic E-state index is 0.206. The molecule has 1 aliphatic heterocycles. The van der Waals surface area contributed by atoms with Crippen LogP contribution in [0.2, 0.25) is 0 Å². The summed E-state index contributed by atoms with van der Waals surface area (Å²) in [6, 6.07) is 4.14. The number of carbonyl (C=O) groups is 1. The van der Waals surface area contributed by atoms with Crippen LogP contribution in [-0.4, -0.2) is 29.1 Å². The second-order valence-electron chi connectivity index (χ2n) is 4.78. The summed E-state index contributed by atoms with van der Waals surface area (Å²) in [5, 5.41) is 9.11. The summed E-state index contributed by atoms with van der Waals surface area (Å²) in [7, 11) is 0. The van der Waals surface area contributed by atoms with Crippen molar-refractivity contribution < 1.29 is 9.90 Å². The van der Waals surface area contributed by atoms with Crippen LogP contribution in [0.1, 0.15) is 18.2 Å². The highest BCUT2D eigenvalue weighted by molar-refractivity contribution is 9.11. The largest absolute Gasteiger partial charge is 0.481 e. The summed E-state index contributed by atoms with van der Waals surface area (Å²) >= 11 is 5.17. The number of hydrogen-bond acceptors (Lipinski definition) is 3. The number of hydrogen-bond donors (Lipinski definition) is 1. The molecule has 1 fully saturated rings. The van der Waals surface area contributed by atoms with Crippen molar-refractivity contribution in [2.75, 3.05) is 13.1 Å². The van der Waals surface area contributed by atoms with Gasteiger partial charge in [0.2, 0.25) is 0 Å². The number of halogens is 1. The van der Waals surface area contributed by atoms with Gasteiger partial charge in [0.15, 0.2) is 0 Å².